The molecule has 0 atom stereocenters. The number of hydrogen-bond acceptors (Lipinski definition) is 3. The summed E-state index contributed by atoms with van der Waals surface area (Å²) in [6, 6.07) is 9.97. The Balaban J connectivity index is 2.40. The first-order chi connectivity index (χ1) is 9.90. The molecule has 3 nitrogen and oxygen atoms in total. The third kappa shape index (κ3) is 2.60. The number of hydrogen-bond donors (Lipinski definition) is 2. The van der Waals surface area contributed by atoms with Gasteiger partial charge in [0, 0.05) is 0 Å². The molecule has 2 N–H and O–H groups in total. The van der Waals surface area contributed by atoms with Gasteiger partial charge in [-0.2, -0.15) is 0 Å². The van der Waals surface area contributed by atoms with Crippen LogP contribution >= 0.6 is 0 Å². The van der Waals surface area contributed by atoms with E-state index in [0.717, 1.165) is 21.7 Å². The van der Waals surface area contributed by atoms with Crippen LogP contribution in [0, 0.1) is 0 Å². The second-order valence-electron chi connectivity index (χ2n) is 6.48. The van der Waals surface area contributed by atoms with Gasteiger partial charge in [-0.15, -0.1) is 0 Å². The van der Waals surface area contributed by atoms with E-state index in [4.69, 9.17) is 0 Å². The molecule has 21 heavy (non-hydrogen) atoms. The monoisotopic (exact) mass is 389 g/mol. The number of pyridine rings is 1. The topological polar surface area (TPSA) is 53.4 Å². The molecular weight excluding hydrogens is 369 g/mol. The fraction of sp³-hybridized carbons (Fsp3) is 0.235. The maximum absolute atomic E-state index is 10.3. The van der Waals surface area contributed by atoms with Crippen molar-refractivity contribution in [2.24, 2.45) is 0 Å². The fourth-order valence-corrected chi connectivity index (χ4v) is 5.94. The summed E-state index contributed by atoms with van der Waals surface area (Å²) in [6.07, 6.45) is 1.83. The molecule has 0 amide bonds. The van der Waals surface area contributed by atoms with E-state index in [2.05, 4.69) is 38.0 Å². The SMILES string of the molecule is [CH3][Sn]([CH3])([CH3])[c]1ccc2cnc3cc(CO)cc(O)c3c2c1. The van der Waals surface area contributed by atoms with Crippen LogP contribution < -0.4 is 3.58 Å². The molecule has 0 saturated heterocycles. The number of phenolic OH excluding ortho intramolecular Hbond substituents is 1. The molecule has 2 aromatic carbocycles. The number of fused-ring (bicyclic) bond motifs is 3. The molecule has 0 aliphatic rings. The number of benzene rings is 2. The van der Waals surface area contributed by atoms with E-state index in [1.165, 1.54) is 3.58 Å². The van der Waals surface area contributed by atoms with Crippen molar-refractivity contribution < 1.29 is 10.2 Å². The Bertz CT molecular complexity index is 837. The average Bonchev–Trinajstić information content (AvgIpc) is 2.44. The zero-order chi connectivity index (χ0) is 15.2. The maximum atomic E-state index is 10.3. The molecule has 0 aliphatic heterocycles. The van der Waals surface area contributed by atoms with Crippen molar-refractivity contribution in [3.8, 4) is 5.75 Å². The number of aliphatic hydroxyl groups excluding tert-OH is 1. The third-order valence-electron chi connectivity index (χ3n) is 3.87. The predicted molar refractivity (Wildman–Crippen MR) is 89.8 cm³/mol. The van der Waals surface area contributed by atoms with Crippen LogP contribution in [-0.4, -0.2) is 33.6 Å². The van der Waals surface area contributed by atoms with Crippen LogP contribution in [0.25, 0.3) is 21.7 Å². The van der Waals surface area contributed by atoms with E-state index in [1.54, 1.807) is 6.07 Å². The molecule has 0 fully saturated rings. The molecule has 4 heteroatoms. The summed E-state index contributed by atoms with van der Waals surface area (Å²) in [6.45, 7) is -0.0955. The van der Waals surface area contributed by atoms with E-state index < -0.39 is 18.4 Å². The van der Waals surface area contributed by atoms with Crippen molar-refractivity contribution in [1.29, 1.82) is 0 Å². The van der Waals surface area contributed by atoms with Crippen LogP contribution in [0.3, 0.4) is 0 Å². The van der Waals surface area contributed by atoms with Crippen molar-refractivity contribution in [3.05, 3.63) is 42.1 Å². The number of aliphatic hydroxyl groups is 1. The van der Waals surface area contributed by atoms with Gasteiger partial charge in [0.2, 0.25) is 0 Å². The summed E-state index contributed by atoms with van der Waals surface area (Å²) in [5.74, 6) is 0.191. The molecule has 0 radical (unpaired) electrons. The first kappa shape index (κ1) is 14.6. The standard InChI is InChI=1S/C14H10NO2.3CH3.Sn/c16-8-9-5-12-14(13(17)6-9)11-4-2-1-3-10(11)7-15-12;;;;/h1,3-7,16-17H,8H2;3*1H3;. The van der Waals surface area contributed by atoms with Gasteiger partial charge in [0.15, 0.2) is 0 Å². The molecule has 0 aliphatic carbocycles. The van der Waals surface area contributed by atoms with E-state index in [0.29, 0.717) is 5.56 Å². The van der Waals surface area contributed by atoms with Gasteiger partial charge in [0.1, 0.15) is 0 Å². The molecule has 3 rings (SSSR count). The summed E-state index contributed by atoms with van der Waals surface area (Å²) < 4.78 is 1.43. The van der Waals surface area contributed by atoms with Gasteiger partial charge in [-0.25, -0.2) is 0 Å². The van der Waals surface area contributed by atoms with E-state index in [9.17, 15) is 10.2 Å². The van der Waals surface area contributed by atoms with Gasteiger partial charge >= 0.3 is 128 Å². The molecule has 3 aromatic rings. The Morgan fingerprint density at radius 3 is 2.52 bits per heavy atom. The summed E-state index contributed by atoms with van der Waals surface area (Å²) in [5.41, 5.74) is 1.41. The Hall–Kier alpha value is -1.33. The molecular formula is C17H19NO2Sn. The average molecular weight is 388 g/mol. The number of aromatic nitrogens is 1. The molecule has 1 aromatic heterocycles. The normalized spacial score (nSPS) is 12.2. The molecule has 108 valence electrons. The summed E-state index contributed by atoms with van der Waals surface area (Å²) in [7, 11) is 0. The van der Waals surface area contributed by atoms with Crippen LogP contribution in [-0.2, 0) is 6.61 Å². The minimum absolute atomic E-state index is 0.0955. The van der Waals surface area contributed by atoms with Gasteiger partial charge in [0.05, 0.1) is 0 Å². The van der Waals surface area contributed by atoms with E-state index in [-0.39, 0.29) is 12.4 Å². The molecule has 0 bridgehead atoms. The van der Waals surface area contributed by atoms with Crippen LogP contribution in [0.4, 0.5) is 0 Å². The zero-order valence-electron chi connectivity index (χ0n) is 12.5. The van der Waals surface area contributed by atoms with Gasteiger partial charge < -0.3 is 0 Å². The van der Waals surface area contributed by atoms with Gasteiger partial charge in [-0.05, 0) is 0 Å². The van der Waals surface area contributed by atoms with Crippen molar-refractivity contribution in [1.82, 2.24) is 4.98 Å². The quantitative estimate of drug-likeness (QED) is 0.524. The third-order valence-corrected chi connectivity index (χ3v) is 9.70. The summed E-state index contributed by atoms with van der Waals surface area (Å²) in [4.78, 5) is 11.6. The second-order valence-corrected chi connectivity index (χ2v) is 21.0. The minimum atomic E-state index is -2.16. The molecule has 1 heterocycles. The summed E-state index contributed by atoms with van der Waals surface area (Å²) >= 11 is -2.16. The Morgan fingerprint density at radius 1 is 1.10 bits per heavy atom. The van der Waals surface area contributed by atoms with Crippen molar-refractivity contribution in [2.75, 3.05) is 0 Å². The molecule has 0 saturated carbocycles. The Morgan fingerprint density at radius 2 is 1.86 bits per heavy atom. The Kier molecular flexibility index (Phi) is 3.57. The number of aromatic hydroxyl groups is 1. The molecule has 0 unspecified atom stereocenters. The van der Waals surface area contributed by atoms with Gasteiger partial charge in [-0.1, -0.05) is 0 Å². The van der Waals surface area contributed by atoms with Crippen LogP contribution in [0.1, 0.15) is 5.56 Å². The first-order valence-corrected chi connectivity index (χ1v) is 17.0. The predicted octanol–water partition coefficient (Wildman–Crippen LogP) is 3.13. The fourth-order valence-electron chi connectivity index (χ4n) is 2.63. The zero-order valence-corrected chi connectivity index (χ0v) is 15.4. The second kappa shape index (κ2) is 5.14. The van der Waals surface area contributed by atoms with Crippen molar-refractivity contribution in [3.63, 3.8) is 0 Å². The van der Waals surface area contributed by atoms with Crippen LogP contribution in [0.5, 0.6) is 5.75 Å². The number of phenols is 1. The Labute approximate surface area is 128 Å². The van der Waals surface area contributed by atoms with E-state index in [1.807, 2.05) is 12.3 Å². The van der Waals surface area contributed by atoms with Crippen molar-refractivity contribution >= 4 is 43.6 Å². The van der Waals surface area contributed by atoms with Crippen LogP contribution in [0.15, 0.2) is 36.5 Å². The first-order valence-electron chi connectivity index (χ1n) is 7.06. The summed E-state index contributed by atoms with van der Waals surface area (Å²) in [5, 5.41) is 22.5. The van der Waals surface area contributed by atoms with E-state index >= 15 is 0 Å². The van der Waals surface area contributed by atoms with Crippen molar-refractivity contribution in [2.45, 2.75) is 21.4 Å². The van der Waals surface area contributed by atoms with Crippen LogP contribution in [0.2, 0.25) is 14.8 Å². The van der Waals surface area contributed by atoms with Gasteiger partial charge in [-0.3, -0.25) is 0 Å². The number of nitrogens with zero attached hydrogens (tertiary/aromatic N) is 1. The number of rotatable bonds is 2. The molecule has 0 spiro atoms. The van der Waals surface area contributed by atoms with Gasteiger partial charge in [0.25, 0.3) is 0 Å².